The molecule has 0 unspecified atom stereocenters. The largest absolute Gasteiger partial charge is 0.396 e. The number of nitrogens with zero attached hydrogens (tertiary/aromatic N) is 1. The molecule has 0 aliphatic rings. The lowest BCUT2D eigenvalue weighted by molar-refractivity contribution is 0.295. The van der Waals surface area contributed by atoms with E-state index in [2.05, 4.69) is 11.5 Å². The van der Waals surface area contributed by atoms with Gasteiger partial charge in [-0.15, -0.1) is 19.0 Å². The summed E-state index contributed by atoms with van der Waals surface area (Å²) in [5.74, 6) is 0. The molecular formula is C8H20ClNO. The molecule has 1 N–H and O–H groups in total. The van der Waals surface area contributed by atoms with Gasteiger partial charge in [0.25, 0.3) is 0 Å². The quantitative estimate of drug-likeness (QED) is 0.668. The summed E-state index contributed by atoms with van der Waals surface area (Å²) >= 11 is 0. The van der Waals surface area contributed by atoms with Gasteiger partial charge in [-0.1, -0.05) is 13.0 Å². The third-order valence-corrected chi connectivity index (χ3v) is 0.718. The molecule has 0 aliphatic heterocycles. The molecule has 3 heteroatoms. The zero-order valence-corrected chi connectivity index (χ0v) is 8.52. The van der Waals surface area contributed by atoms with Gasteiger partial charge in [0.15, 0.2) is 0 Å². The molecule has 0 aromatic heterocycles. The van der Waals surface area contributed by atoms with E-state index in [1.807, 2.05) is 27.1 Å². The molecule has 2 nitrogen and oxygen atoms in total. The van der Waals surface area contributed by atoms with Gasteiger partial charge < -0.3 is 10.0 Å². The number of likely N-dealkylation sites (N-methyl/N-ethyl adjacent to an activating group) is 1. The Morgan fingerprint density at radius 1 is 1.45 bits per heavy atom. The van der Waals surface area contributed by atoms with E-state index in [1.165, 1.54) is 0 Å². The van der Waals surface area contributed by atoms with Crippen LogP contribution in [0, 0.1) is 0 Å². The third kappa shape index (κ3) is 40.3. The Morgan fingerprint density at radius 2 is 1.82 bits per heavy atom. The molecular weight excluding hydrogens is 162 g/mol. The first-order valence-corrected chi connectivity index (χ1v) is 3.55. The highest BCUT2D eigenvalue weighted by atomic mass is 35.5. The lowest BCUT2D eigenvalue weighted by Gasteiger charge is -2.01. The van der Waals surface area contributed by atoms with Gasteiger partial charge in [0, 0.05) is 13.2 Å². The second-order valence-electron chi connectivity index (χ2n) is 2.27. The van der Waals surface area contributed by atoms with Gasteiger partial charge in [-0.05, 0) is 20.5 Å². The van der Waals surface area contributed by atoms with Crippen LogP contribution in [0.2, 0.25) is 0 Å². The average Bonchev–Trinajstić information content (AvgIpc) is 1.89. The topological polar surface area (TPSA) is 23.5 Å². The minimum atomic E-state index is 0. The van der Waals surface area contributed by atoms with E-state index in [4.69, 9.17) is 5.11 Å². The number of hydrogen-bond donors (Lipinski definition) is 1. The summed E-state index contributed by atoms with van der Waals surface area (Å²) < 4.78 is 0. The van der Waals surface area contributed by atoms with Crippen LogP contribution in [0.1, 0.15) is 13.3 Å². The predicted octanol–water partition coefficient (Wildman–Crippen LogP) is 1.54. The van der Waals surface area contributed by atoms with Crippen molar-refractivity contribution >= 4 is 12.4 Å². The maximum absolute atomic E-state index is 7.88. The van der Waals surface area contributed by atoms with Gasteiger partial charge in [-0.2, -0.15) is 0 Å². The van der Waals surface area contributed by atoms with Crippen LogP contribution in [0.3, 0.4) is 0 Å². The van der Waals surface area contributed by atoms with Crippen LogP contribution >= 0.6 is 12.4 Å². The van der Waals surface area contributed by atoms with E-state index in [0.29, 0.717) is 6.61 Å². The summed E-state index contributed by atoms with van der Waals surface area (Å²) in [7, 11) is 4.03. The SMILES string of the molecule is C=CCN(C)C.CCCO.Cl. The Morgan fingerprint density at radius 3 is 1.82 bits per heavy atom. The van der Waals surface area contributed by atoms with Crippen LogP contribution in [0.5, 0.6) is 0 Å². The van der Waals surface area contributed by atoms with E-state index in [-0.39, 0.29) is 12.4 Å². The molecule has 11 heavy (non-hydrogen) atoms. The molecule has 0 fully saturated rings. The van der Waals surface area contributed by atoms with Crippen LogP contribution in [0.15, 0.2) is 12.7 Å². The summed E-state index contributed by atoms with van der Waals surface area (Å²) in [6.45, 7) is 6.78. The second-order valence-corrected chi connectivity index (χ2v) is 2.27. The lowest BCUT2D eigenvalue weighted by atomic mass is 10.5. The van der Waals surface area contributed by atoms with Crippen LogP contribution < -0.4 is 0 Å². The summed E-state index contributed by atoms with van der Waals surface area (Å²) in [6, 6.07) is 0. The van der Waals surface area contributed by atoms with Crippen molar-refractivity contribution in [3.63, 3.8) is 0 Å². The molecule has 0 rings (SSSR count). The van der Waals surface area contributed by atoms with E-state index < -0.39 is 0 Å². The van der Waals surface area contributed by atoms with Crippen LogP contribution in [-0.2, 0) is 0 Å². The van der Waals surface area contributed by atoms with Gasteiger partial charge >= 0.3 is 0 Å². The predicted molar refractivity (Wildman–Crippen MR) is 53.4 cm³/mol. The Kier molecular flexibility index (Phi) is 25.7. The maximum Gasteiger partial charge on any atom is 0.0428 e. The highest BCUT2D eigenvalue weighted by Crippen LogP contribution is 1.69. The molecule has 0 aliphatic carbocycles. The second kappa shape index (κ2) is 16.5. The van der Waals surface area contributed by atoms with Gasteiger partial charge in [-0.25, -0.2) is 0 Å². The fraction of sp³-hybridized carbons (Fsp3) is 0.750. The molecule has 0 aromatic carbocycles. The lowest BCUT2D eigenvalue weighted by Crippen LogP contribution is -2.09. The van der Waals surface area contributed by atoms with Crippen LogP contribution in [0.25, 0.3) is 0 Å². The van der Waals surface area contributed by atoms with Crippen molar-refractivity contribution in [1.29, 1.82) is 0 Å². The zero-order valence-electron chi connectivity index (χ0n) is 7.71. The Hall–Kier alpha value is -0.0500. The van der Waals surface area contributed by atoms with Gasteiger partial charge in [0.1, 0.15) is 0 Å². The van der Waals surface area contributed by atoms with Crippen molar-refractivity contribution in [3.8, 4) is 0 Å². The van der Waals surface area contributed by atoms with E-state index >= 15 is 0 Å². The minimum absolute atomic E-state index is 0. The van der Waals surface area contributed by atoms with Crippen molar-refractivity contribution in [2.24, 2.45) is 0 Å². The zero-order chi connectivity index (χ0) is 8.41. The first-order chi connectivity index (χ1) is 4.68. The molecule has 70 valence electrons. The molecule has 0 heterocycles. The van der Waals surface area contributed by atoms with E-state index in [9.17, 15) is 0 Å². The first-order valence-electron chi connectivity index (χ1n) is 3.55. The number of rotatable bonds is 3. The number of halogens is 1. The number of hydrogen-bond acceptors (Lipinski definition) is 2. The van der Waals surface area contributed by atoms with Crippen LogP contribution in [-0.4, -0.2) is 37.3 Å². The van der Waals surface area contributed by atoms with Gasteiger partial charge in [-0.3, -0.25) is 0 Å². The summed E-state index contributed by atoms with van der Waals surface area (Å²) in [5.41, 5.74) is 0. The van der Waals surface area contributed by atoms with Crippen molar-refractivity contribution in [1.82, 2.24) is 4.90 Å². The highest BCUT2D eigenvalue weighted by molar-refractivity contribution is 5.85. The summed E-state index contributed by atoms with van der Waals surface area (Å²) in [5, 5.41) is 7.88. The Balaban J connectivity index is -0.000000114. The molecule has 0 amide bonds. The van der Waals surface area contributed by atoms with Gasteiger partial charge in [0.2, 0.25) is 0 Å². The summed E-state index contributed by atoms with van der Waals surface area (Å²) in [4.78, 5) is 2.06. The Labute approximate surface area is 76.3 Å². The normalized spacial score (nSPS) is 7.73. The average molecular weight is 182 g/mol. The fourth-order valence-electron chi connectivity index (χ4n) is 0.258. The number of aliphatic hydroxyl groups excluding tert-OH is 1. The van der Waals surface area contributed by atoms with Crippen molar-refractivity contribution < 1.29 is 5.11 Å². The van der Waals surface area contributed by atoms with E-state index in [0.717, 1.165) is 13.0 Å². The molecule has 0 aromatic rings. The van der Waals surface area contributed by atoms with Crippen molar-refractivity contribution in [2.75, 3.05) is 27.2 Å². The molecule has 0 spiro atoms. The molecule has 0 radical (unpaired) electrons. The highest BCUT2D eigenvalue weighted by Gasteiger charge is 1.75. The smallest absolute Gasteiger partial charge is 0.0428 e. The molecule has 0 saturated carbocycles. The van der Waals surface area contributed by atoms with E-state index in [1.54, 1.807) is 0 Å². The monoisotopic (exact) mass is 181 g/mol. The summed E-state index contributed by atoms with van der Waals surface area (Å²) in [6.07, 6.45) is 2.75. The minimum Gasteiger partial charge on any atom is -0.396 e. The molecule has 0 bridgehead atoms. The fourth-order valence-corrected chi connectivity index (χ4v) is 0.258. The first kappa shape index (κ1) is 17.2. The van der Waals surface area contributed by atoms with Crippen LogP contribution in [0.4, 0.5) is 0 Å². The van der Waals surface area contributed by atoms with Crippen molar-refractivity contribution in [2.45, 2.75) is 13.3 Å². The van der Waals surface area contributed by atoms with Crippen molar-refractivity contribution in [3.05, 3.63) is 12.7 Å². The Bertz CT molecular complexity index is 65.1. The number of aliphatic hydroxyl groups is 1. The third-order valence-electron chi connectivity index (χ3n) is 0.718. The molecule has 0 saturated heterocycles. The molecule has 0 atom stereocenters. The standard InChI is InChI=1S/C5H11N.C3H8O.ClH/c1-4-5-6(2)3;1-2-3-4;/h4H,1,5H2,2-3H3;4H,2-3H2,1H3;1H. The van der Waals surface area contributed by atoms with Gasteiger partial charge in [0.05, 0.1) is 0 Å². The maximum atomic E-state index is 7.88.